The van der Waals surface area contributed by atoms with E-state index in [0.717, 1.165) is 0 Å². The molecule has 0 saturated carbocycles. The molecule has 0 aromatic carbocycles. The molecule has 0 saturated heterocycles. The molecule has 0 rings (SSSR count). The Bertz CT molecular complexity index is 4.00. The second kappa shape index (κ2) is 38.9. The molecule has 0 heterocycles. The molecule has 0 aromatic heterocycles. The van der Waals surface area contributed by atoms with Crippen LogP contribution in [0.2, 0.25) is 0 Å². The van der Waals surface area contributed by atoms with Crippen LogP contribution in [0, 0.1) is 0 Å². The van der Waals surface area contributed by atoms with E-state index in [1.807, 2.05) is 0 Å². The first-order chi connectivity index (χ1) is 0. The standard InChI is InChI=1S/2Co.2H2O/h;;2*1H2/q;+3;;. The van der Waals surface area contributed by atoms with Crippen LogP contribution in [0.15, 0.2) is 0 Å². The number of hydrogen-bond acceptors (Lipinski definition) is 0. The van der Waals surface area contributed by atoms with Gasteiger partial charge in [-0.1, -0.05) is 0 Å². The van der Waals surface area contributed by atoms with Gasteiger partial charge in [-0.2, -0.15) is 0 Å². The van der Waals surface area contributed by atoms with Crippen LogP contribution < -0.4 is 0 Å². The average molecular weight is 154 g/mol. The van der Waals surface area contributed by atoms with E-state index in [-0.39, 0.29) is 44.5 Å². The van der Waals surface area contributed by atoms with E-state index < -0.39 is 0 Å². The van der Waals surface area contributed by atoms with Crippen molar-refractivity contribution in [2.45, 2.75) is 0 Å². The molecule has 31 valence electrons. The van der Waals surface area contributed by atoms with Crippen LogP contribution in [-0.4, -0.2) is 11.0 Å². The molecule has 4 heteroatoms. The molecule has 0 aliphatic rings. The van der Waals surface area contributed by atoms with Gasteiger partial charge in [-0.3, -0.25) is 0 Å². The Morgan fingerprint density at radius 3 is 0.750 bits per heavy atom. The van der Waals surface area contributed by atoms with Gasteiger partial charge in [0.05, 0.1) is 0 Å². The topological polar surface area (TPSA) is 63.0 Å². The molecule has 4 heavy (non-hydrogen) atoms. The maximum absolute atomic E-state index is 0. The van der Waals surface area contributed by atoms with Gasteiger partial charge < -0.3 is 11.0 Å². The van der Waals surface area contributed by atoms with E-state index in [1.54, 1.807) is 0 Å². The van der Waals surface area contributed by atoms with Crippen LogP contribution in [0.4, 0.5) is 0 Å². The Labute approximate surface area is 45.0 Å². The van der Waals surface area contributed by atoms with Crippen LogP contribution in [-0.2, 0) is 33.6 Å². The predicted octanol–water partition coefficient (Wildman–Crippen LogP) is -1.65. The first-order valence-electron chi connectivity index (χ1n) is 0. The monoisotopic (exact) mass is 154 g/mol. The molecule has 0 unspecified atom stereocenters. The zero-order chi connectivity index (χ0) is 0. The molecule has 0 atom stereocenters. The zero-order valence-electron chi connectivity index (χ0n) is 1.67. The fraction of sp³-hybridized carbons (Fsp3) is 0. The van der Waals surface area contributed by atoms with Crippen LogP contribution in [0.25, 0.3) is 0 Å². The van der Waals surface area contributed by atoms with Crippen molar-refractivity contribution in [2.24, 2.45) is 0 Å². The van der Waals surface area contributed by atoms with Crippen LogP contribution >= 0.6 is 0 Å². The molecule has 0 bridgehead atoms. The van der Waals surface area contributed by atoms with E-state index in [1.165, 1.54) is 0 Å². The minimum Gasteiger partial charge on any atom is -0.412 e. The summed E-state index contributed by atoms with van der Waals surface area (Å²) in [4.78, 5) is 0. The Morgan fingerprint density at radius 2 is 0.750 bits per heavy atom. The second-order valence-corrected chi connectivity index (χ2v) is 0. The van der Waals surface area contributed by atoms with Crippen molar-refractivity contribution >= 4 is 0 Å². The second-order valence-electron chi connectivity index (χ2n) is 0. The molecule has 0 aliphatic heterocycles. The molecular weight excluding hydrogens is 150 g/mol. The Morgan fingerprint density at radius 1 is 0.750 bits per heavy atom. The van der Waals surface area contributed by atoms with Gasteiger partial charge in [0.25, 0.3) is 0 Å². The zero-order valence-corrected chi connectivity index (χ0v) is 3.75. The fourth-order valence-electron chi connectivity index (χ4n) is 0. The van der Waals surface area contributed by atoms with E-state index in [2.05, 4.69) is 0 Å². The summed E-state index contributed by atoms with van der Waals surface area (Å²) in [5, 5.41) is 0. The Hall–Kier alpha value is 0.933. The summed E-state index contributed by atoms with van der Waals surface area (Å²) in [6, 6.07) is 0. The average Bonchev–Trinajstić information content (AvgIpc) is 0. The van der Waals surface area contributed by atoms with Crippen molar-refractivity contribution in [3.63, 3.8) is 0 Å². The molecule has 0 amide bonds. The third-order valence-electron chi connectivity index (χ3n) is 0. The first-order valence-corrected chi connectivity index (χ1v) is 0. The Balaban J connectivity index is 0. The first kappa shape index (κ1) is 87.7. The number of hydrogen-bond donors (Lipinski definition) is 0. The summed E-state index contributed by atoms with van der Waals surface area (Å²) >= 11 is 0. The van der Waals surface area contributed by atoms with Crippen molar-refractivity contribution in [1.29, 1.82) is 0 Å². The van der Waals surface area contributed by atoms with Crippen molar-refractivity contribution in [3.05, 3.63) is 0 Å². The minimum atomic E-state index is 0. The van der Waals surface area contributed by atoms with Crippen molar-refractivity contribution in [1.82, 2.24) is 0 Å². The predicted molar refractivity (Wildman–Crippen MR) is 7.23 cm³/mol. The van der Waals surface area contributed by atoms with Gasteiger partial charge in [-0.15, -0.1) is 0 Å². The minimum absolute atomic E-state index is 0. The van der Waals surface area contributed by atoms with Crippen molar-refractivity contribution in [3.8, 4) is 0 Å². The molecule has 0 aliphatic carbocycles. The van der Waals surface area contributed by atoms with Crippen molar-refractivity contribution < 1.29 is 44.5 Å². The summed E-state index contributed by atoms with van der Waals surface area (Å²) in [7, 11) is 0. The molecule has 0 spiro atoms. The van der Waals surface area contributed by atoms with Crippen molar-refractivity contribution in [2.75, 3.05) is 0 Å². The maximum atomic E-state index is 0. The summed E-state index contributed by atoms with van der Waals surface area (Å²) in [5.41, 5.74) is 0. The Kier molecular flexibility index (Phi) is 852. The smallest absolute Gasteiger partial charge is 0.412 e. The summed E-state index contributed by atoms with van der Waals surface area (Å²) in [6.07, 6.45) is 0. The van der Waals surface area contributed by atoms with E-state index >= 15 is 0 Å². The molecule has 0 aromatic rings. The quantitative estimate of drug-likeness (QED) is 0.401. The summed E-state index contributed by atoms with van der Waals surface area (Å²) < 4.78 is 0. The van der Waals surface area contributed by atoms with Crippen LogP contribution in [0.5, 0.6) is 0 Å². The van der Waals surface area contributed by atoms with Gasteiger partial charge in [-0.05, 0) is 0 Å². The van der Waals surface area contributed by atoms with E-state index in [9.17, 15) is 0 Å². The van der Waals surface area contributed by atoms with Crippen LogP contribution in [0.1, 0.15) is 0 Å². The van der Waals surface area contributed by atoms with E-state index in [0.29, 0.717) is 0 Å². The van der Waals surface area contributed by atoms with Gasteiger partial charge in [0, 0.05) is 16.8 Å². The molecule has 4 N–H and O–H groups in total. The third-order valence-corrected chi connectivity index (χ3v) is 0. The number of rotatable bonds is 0. The van der Waals surface area contributed by atoms with Gasteiger partial charge in [-0.25, -0.2) is 0 Å². The third kappa shape index (κ3) is 12.6. The molecule has 0 fully saturated rings. The van der Waals surface area contributed by atoms with Crippen LogP contribution in [0.3, 0.4) is 0 Å². The molecule has 2 nitrogen and oxygen atoms in total. The van der Waals surface area contributed by atoms with E-state index in [4.69, 9.17) is 0 Å². The summed E-state index contributed by atoms with van der Waals surface area (Å²) in [5.74, 6) is 0. The summed E-state index contributed by atoms with van der Waals surface area (Å²) in [6.45, 7) is 0. The fourth-order valence-corrected chi connectivity index (χ4v) is 0. The van der Waals surface area contributed by atoms with Gasteiger partial charge in [0.1, 0.15) is 0 Å². The molecule has 1 radical (unpaired) electrons. The van der Waals surface area contributed by atoms with Gasteiger partial charge in [0.15, 0.2) is 0 Å². The largest absolute Gasteiger partial charge is 3.00 e. The normalized spacial score (nSPS) is 0. The maximum Gasteiger partial charge on any atom is 3.00 e. The van der Waals surface area contributed by atoms with Gasteiger partial charge in [0.2, 0.25) is 0 Å². The molecular formula is H4Co2O2+3. The SMILES string of the molecule is O.O.[Co+3].[Co]. The van der Waals surface area contributed by atoms with Gasteiger partial charge >= 0.3 is 16.8 Å².